The summed E-state index contributed by atoms with van der Waals surface area (Å²) in [5, 5.41) is 20.2. The van der Waals surface area contributed by atoms with Gasteiger partial charge < -0.3 is 40.7 Å². The summed E-state index contributed by atoms with van der Waals surface area (Å²) in [5.74, 6) is -3.48. The second-order valence-corrected chi connectivity index (χ2v) is 6.78. The number of carboxylic acids is 2. The van der Waals surface area contributed by atoms with Gasteiger partial charge in [-0.3, -0.25) is 9.59 Å². The van der Waals surface area contributed by atoms with Gasteiger partial charge in [0.25, 0.3) is 0 Å². The number of esters is 2. The van der Waals surface area contributed by atoms with Crippen LogP contribution in [-0.4, -0.2) is 49.2 Å². The molecule has 0 saturated heterocycles. The first-order valence-corrected chi connectivity index (χ1v) is 10.4. The van der Waals surface area contributed by atoms with Crippen molar-refractivity contribution in [3.63, 3.8) is 0 Å². The zero-order chi connectivity index (χ0) is 23.4. The predicted molar refractivity (Wildman–Crippen MR) is 105 cm³/mol. The first kappa shape index (κ1) is 39.0. The molecule has 0 radical (unpaired) electrons. The minimum absolute atomic E-state index is 0. The fourth-order valence-electron chi connectivity index (χ4n) is 2.05. The van der Waals surface area contributed by atoms with Gasteiger partial charge in [-0.05, 0) is 38.5 Å². The number of aliphatic carboxylic acids is 2. The Morgan fingerprint density at radius 2 is 1.00 bits per heavy atom. The average molecular weight is 478 g/mol. The molecule has 0 bridgehead atoms. The fourth-order valence-corrected chi connectivity index (χ4v) is 2.05. The van der Waals surface area contributed by atoms with Gasteiger partial charge in [-0.2, -0.15) is 0 Å². The second kappa shape index (κ2) is 27.0. The van der Waals surface area contributed by atoms with Crippen molar-refractivity contribution in [2.24, 2.45) is 11.5 Å². The van der Waals surface area contributed by atoms with E-state index >= 15 is 0 Å². The smallest absolute Gasteiger partial charge is 0.550 e. The van der Waals surface area contributed by atoms with Crippen LogP contribution in [0.2, 0.25) is 0 Å². The van der Waals surface area contributed by atoms with E-state index in [1.54, 1.807) is 0 Å². The standard InChI is InChI=1S/2C10H19NO4.2Na/c2*1-2-3-4-7-15-10(14)8(11)5-6-9(12)13;;/h2*8H,2-7,11H2,1H3,(H,12,13);;/q;;2*+1/p-2/t2*8-;;/m00../s1. The van der Waals surface area contributed by atoms with Crippen LogP contribution in [0.15, 0.2) is 0 Å². The zero-order valence-electron chi connectivity index (χ0n) is 20.1. The number of nitrogens with two attached hydrogens (primary N) is 2. The van der Waals surface area contributed by atoms with Gasteiger partial charge in [-0.15, -0.1) is 0 Å². The van der Waals surface area contributed by atoms with E-state index in [1.807, 2.05) is 13.8 Å². The van der Waals surface area contributed by atoms with E-state index in [0.29, 0.717) is 13.2 Å². The summed E-state index contributed by atoms with van der Waals surface area (Å²) in [4.78, 5) is 42.5. The third kappa shape index (κ3) is 27.8. The maximum atomic E-state index is 11.2. The maximum absolute atomic E-state index is 11.2. The second-order valence-electron chi connectivity index (χ2n) is 6.78. The van der Waals surface area contributed by atoms with Gasteiger partial charge in [-0.1, -0.05) is 39.5 Å². The predicted octanol–water partition coefficient (Wildman–Crippen LogP) is -6.84. The van der Waals surface area contributed by atoms with Crippen LogP contribution in [0.5, 0.6) is 0 Å². The Morgan fingerprint density at radius 3 is 1.25 bits per heavy atom. The van der Waals surface area contributed by atoms with Gasteiger partial charge in [0.2, 0.25) is 0 Å². The Morgan fingerprint density at radius 1 is 0.688 bits per heavy atom. The molecule has 176 valence electrons. The minimum atomic E-state index is -1.20. The molecule has 4 N–H and O–H groups in total. The molecule has 0 spiro atoms. The van der Waals surface area contributed by atoms with Crippen molar-refractivity contribution in [1.29, 1.82) is 0 Å². The summed E-state index contributed by atoms with van der Waals surface area (Å²) in [7, 11) is 0. The summed E-state index contributed by atoms with van der Waals surface area (Å²) < 4.78 is 9.72. The number of hydrogen-bond donors (Lipinski definition) is 2. The van der Waals surface area contributed by atoms with E-state index in [0.717, 1.165) is 38.5 Å². The largest absolute Gasteiger partial charge is 1.00 e. The van der Waals surface area contributed by atoms with Crippen molar-refractivity contribution in [2.45, 2.75) is 90.1 Å². The summed E-state index contributed by atoms with van der Waals surface area (Å²) in [5.41, 5.74) is 10.8. The van der Waals surface area contributed by atoms with E-state index in [1.165, 1.54) is 0 Å². The molecule has 10 nitrogen and oxygen atoms in total. The van der Waals surface area contributed by atoms with Crippen LogP contribution in [0.3, 0.4) is 0 Å². The summed E-state index contributed by atoms with van der Waals surface area (Å²) >= 11 is 0. The molecule has 0 aliphatic heterocycles. The van der Waals surface area contributed by atoms with Crippen LogP contribution >= 0.6 is 0 Å². The molecule has 0 rings (SSSR count). The monoisotopic (exact) mass is 478 g/mol. The number of carboxylic acid groups (broad SMARTS) is 2. The van der Waals surface area contributed by atoms with Crippen molar-refractivity contribution < 1.29 is 98.0 Å². The van der Waals surface area contributed by atoms with Gasteiger partial charge in [0.1, 0.15) is 12.1 Å². The van der Waals surface area contributed by atoms with Crippen LogP contribution in [0.1, 0.15) is 78.1 Å². The van der Waals surface area contributed by atoms with Gasteiger partial charge in [-0.25, -0.2) is 0 Å². The van der Waals surface area contributed by atoms with Crippen LogP contribution < -0.4 is 80.8 Å². The first-order valence-electron chi connectivity index (χ1n) is 10.4. The normalized spacial score (nSPS) is 11.4. The molecule has 0 heterocycles. The third-order valence-electron chi connectivity index (χ3n) is 3.91. The molecule has 0 saturated carbocycles. The molecule has 0 fully saturated rings. The number of carbonyl (C=O) groups is 4. The Balaban J connectivity index is -0.000000231. The van der Waals surface area contributed by atoms with Gasteiger partial charge >= 0.3 is 71.1 Å². The van der Waals surface area contributed by atoms with Gasteiger partial charge in [0, 0.05) is 11.9 Å². The minimum Gasteiger partial charge on any atom is -0.550 e. The number of unbranched alkanes of at least 4 members (excludes halogenated alkanes) is 4. The molecule has 0 aromatic heterocycles. The summed E-state index contributed by atoms with van der Waals surface area (Å²) in [6.45, 7) is 4.80. The van der Waals surface area contributed by atoms with Crippen molar-refractivity contribution in [2.75, 3.05) is 13.2 Å². The molecule has 0 aliphatic carbocycles. The molecular formula is C20H36N2Na2O8. The van der Waals surface area contributed by atoms with Crippen molar-refractivity contribution in [3.05, 3.63) is 0 Å². The first-order chi connectivity index (χ1) is 14.1. The Kier molecular flexibility index (Phi) is 33.0. The summed E-state index contributed by atoms with van der Waals surface area (Å²) in [6, 6.07) is -1.71. The molecule has 12 heteroatoms. The Bertz CT molecular complexity index is 466. The molecule has 0 unspecified atom stereocenters. The third-order valence-corrected chi connectivity index (χ3v) is 3.91. The quantitative estimate of drug-likeness (QED) is 0.123. The molecule has 0 aliphatic rings. The van der Waals surface area contributed by atoms with Crippen molar-refractivity contribution in [3.8, 4) is 0 Å². The molecule has 2 atom stereocenters. The molecule has 0 amide bonds. The molecule has 32 heavy (non-hydrogen) atoms. The zero-order valence-corrected chi connectivity index (χ0v) is 24.1. The van der Waals surface area contributed by atoms with Crippen molar-refractivity contribution >= 4 is 23.9 Å². The van der Waals surface area contributed by atoms with Crippen LogP contribution in [-0.2, 0) is 28.7 Å². The maximum Gasteiger partial charge on any atom is 1.00 e. The fraction of sp³-hybridized carbons (Fsp3) is 0.800. The van der Waals surface area contributed by atoms with E-state index < -0.39 is 36.0 Å². The average Bonchev–Trinajstić information content (AvgIpc) is 2.70. The van der Waals surface area contributed by atoms with Gasteiger partial charge in [0.15, 0.2) is 0 Å². The molecule has 0 aromatic carbocycles. The number of carbonyl (C=O) groups excluding carboxylic acids is 4. The van der Waals surface area contributed by atoms with Crippen molar-refractivity contribution in [1.82, 2.24) is 0 Å². The van der Waals surface area contributed by atoms with Crippen LogP contribution in [0.25, 0.3) is 0 Å². The SMILES string of the molecule is CCCCCOC(=O)[C@@H](N)CCC(=O)[O-].CCCCCOC(=O)[C@@H](N)CCC(=O)[O-].[Na+].[Na+]. The van der Waals surface area contributed by atoms with E-state index in [4.69, 9.17) is 20.9 Å². The molecular weight excluding hydrogens is 442 g/mol. The number of rotatable bonds is 16. The topological polar surface area (TPSA) is 185 Å². The Labute approximate surface area is 235 Å². The number of hydrogen-bond acceptors (Lipinski definition) is 10. The van der Waals surface area contributed by atoms with Gasteiger partial charge in [0.05, 0.1) is 13.2 Å². The van der Waals surface area contributed by atoms with E-state index in [9.17, 15) is 29.4 Å². The Hall–Kier alpha value is -0.200. The summed E-state index contributed by atoms with van der Waals surface area (Å²) in [6.07, 6.45) is 5.43. The van der Waals surface area contributed by atoms with Crippen LogP contribution in [0.4, 0.5) is 0 Å². The number of ether oxygens (including phenoxy) is 2. The molecule has 0 aromatic rings. The van der Waals surface area contributed by atoms with Crippen LogP contribution in [0, 0.1) is 0 Å². The van der Waals surface area contributed by atoms with E-state index in [-0.39, 0.29) is 84.8 Å². The van der Waals surface area contributed by atoms with E-state index in [2.05, 4.69) is 0 Å².